The molecule has 1 heterocycles. The monoisotopic (exact) mass is 231 g/mol. The number of benzene rings is 1. The van der Waals surface area contributed by atoms with Gasteiger partial charge in [-0.1, -0.05) is 18.2 Å². The lowest BCUT2D eigenvalue weighted by molar-refractivity contribution is -0.140. The zero-order valence-electron chi connectivity index (χ0n) is 8.55. The van der Waals surface area contributed by atoms with Gasteiger partial charge >= 0.3 is 6.18 Å². The van der Waals surface area contributed by atoms with E-state index in [0.29, 0.717) is 13.2 Å². The predicted molar refractivity (Wildman–Crippen MR) is 52.8 cm³/mol. The van der Waals surface area contributed by atoms with Gasteiger partial charge in [0.05, 0.1) is 12.2 Å². The van der Waals surface area contributed by atoms with Crippen LogP contribution in [0, 0.1) is 0 Å². The molecular formula is C11H12F3NO. The molecule has 88 valence electrons. The Balaban J connectivity index is 2.32. The molecule has 0 saturated carbocycles. The summed E-state index contributed by atoms with van der Waals surface area (Å²) in [5.41, 5.74) is -0.468. The van der Waals surface area contributed by atoms with Crippen molar-refractivity contribution in [2.45, 2.75) is 18.8 Å². The maximum atomic E-state index is 12.7. The van der Waals surface area contributed by atoms with Crippen molar-refractivity contribution in [1.82, 2.24) is 5.32 Å². The fourth-order valence-electron chi connectivity index (χ4n) is 1.75. The van der Waals surface area contributed by atoms with Gasteiger partial charge in [-0.15, -0.1) is 0 Å². The van der Waals surface area contributed by atoms with Gasteiger partial charge in [0, 0.05) is 12.1 Å². The van der Waals surface area contributed by atoms with Crippen LogP contribution >= 0.6 is 0 Å². The van der Waals surface area contributed by atoms with Crippen LogP contribution in [-0.2, 0) is 10.9 Å². The van der Waals surface area contributed by atoms with Gasteiger partial charge in [0.15, 0.2) is 0 Å². The van der Waals surface area contributed by atoms with E-state index in [4.69, 9.17) is 4.74 Å². The molecule has 1 aromatic rings. The molecule has 16 heavy (non-hydrogen) atoms. The van der Waals surface area contributed by atoms with Gasteiger partial charge in [-0.2, -0.15) is 13.2 Å². The normalized spacial score (nSPS) is 22.1. The molecular weight excluding hydrogens is 219 g/mol. The maximum Gasteiger partial charge on any atom is 0.416 e. The van der Waals surface area contributed by atoms with E-state index in [1.165, 1.54) is 12.1 Å². The molecule has 0 bridgehead atoms. The smallest absolute Gasteiger partial charge is 0.359 e. The Hall–Kier alpha value is -1.07. The molecule has 1 atom stereocenters. The van der Waals surface area contributed by atoms with Crippen molar-refractivity contribution in [2.24, 2.45) is 0 Å². The molecule has 1 aliphatic heterocycles. The molecule has 0 aromatic heterocycles. The van der Waals surface area contributed by atoms with E-state index >= 15 is 0 Å². The first-order valence-corrected chi connectivity index (χ1v) is 5.10. The van der Waals surface area contributed by atoms with Gasteiger partial charge in [0.25, 0.3) is 0 Å². The predicted octanol–water partition coefficient (Wildman–Crippen LogP) is 2.71. The summed E-state index contributed by atoms with van der Waals surface area (Å²) in [4.78, 5) is 0. The summed E-state index contributed by atoms with van der Waals surface area (Å²) in [5, 5.41) is 2.93. The highest BCUT2D eigenvalue weighted by molar-refractivity contribution is 5.31. The average Bonchev–Trinajstić information content (AvgIpc) is 2.29. The van der Waals surface area contributed by atoms with E-state index in [0.717, 1.165) is 12.5 Å². The second-order valence-electron chi connectivity index (χ2n) is 3.64. The highest BCUT2D eigenvalue weighted by Gasteiger charge is 2.35. The fraction of sp³-hybridized carbons (Fsp3) is 0.455. The zero-order valence-corrected chi connectivity index (χ0v) is 8.55. The zero-order chi connectivity index (χ0) is 11.6. The molecule has 0 aliphatic carbocycles. The van der Waals surface area contributed by atoms with Crippen LogP contribution in [0.3, 0.4) is 0 Å². The molecule has 1 N–H and O–H groups in total. The Morgan fingerprint density at radius 3 is 2.62 bits per heavy atom. The van der Waals surface area contributed by atoms with Gasteiger partial charge in [-0.3, -0.25) is 5.32 Å². The van der Waals surface area contributed by atoms with E-state index in [1.807, 2.05) is 0 Å². The number of hydrogen-bond donors (Lipinski definition) is 1. The van der Waals surface area contributed by atoms with E-state index in [-0.39, 0.29) is 5.56 Å². The summed E-state index contributed by atoms with van der Waals surface area (Å²) in [5.74, 6) is 0. The Bertz CT molecular complexity index is 358. The van der Waals surface area contributed by atoms with Crippen LogP contribution in [0.25, 0.3) is 0 Å². The molecule has 1 unspecified atom stereocenters. The lowest BCUT2D eigenvalue weighted by atomic mass is 10.1. The summed E-state index contributed by atoms with van der Waals surface area (Å²) in [6.45, 7) is 1.17. The van der Waals surface area contributed by atoms with Crippen molar-refractivity contribution in [3.05, 3.63) is 35.4 Å². The van der Waals surface area contributed by atoms with Gasteiger partial charge in [0.1, 0.15) is 6.23 Å². The third kappa shape index (κ3) is 2.36. The molecule has 2 rings (SSSR count). The van der Waals surface area contributed by atoms with Crippen molar-refractivity contribution < 1.29 is 17.9 Å². The largest absolute Gasteiger partial charge is 0.416 e. The van der Waals surface area contributed by atoms with Crippen LogP contribution in [-0.4, -0.2) is 13.2 Å². The Kier molecular flexibility index (Phi) is 3.16. The second kappa shape index (κ2) is 4.43. The van der Waals surface area contributed by atoms with E-state index < -0.39 is 18.0 Å². The van der Waals surface area contributed by atoms with Gasteiger partial charge in [0.2, 0.25) is 0 Å². The lowest BCUT2D eigenvalue weighted by Gasteiger charge is -2.26. The Morgan fingerprint density at radius 1 is 1.25 bits per heavy atom. The molecule has 1 fully saturated rings. The summed E-state index contributed by atoms with van der Waals surface area (Å²) >= 11 is 0. The first-order valence-electron chi connectivity index (χ1n) is 5.10. The molecule has 5 heteroatoms. The summed E-state index contributed by atoms with van der Waals surface area (Å²) in [7, 11) is 0. The summed E-state index contributed by atoms with van der Waals surface area (Å²) in [6.07, 6.45) is -4.16. The minimum Gasteiger partial charge on any atom is -0.359 e. The van der Waals surface area contributed by atoms with Crippen molar-refractivity contribution in [3.63, 3.8) is 0 Å². The minimum absolute atomic E-state index is 0.162. The first kappa shape index (κ1) is 11.4. The number of halogens is 3. The SMILES string of the molecule is FC(F)(F)c1ccccc1C1NCCCO1. The van der Waals surface area contributed by atoms with Crippen LogP contribution in [0.15, 0.2) is 24.3 Å². The standard InChI is InChI=1S/C11H12F3NO/c12-11(13,14)9-5-2-1-4-8(9)10-15-6-3-7-16-10/h1-2,4-5,10,15H,3,6-7H2. The Morgan fingerprint density at radius 2 is 2.00 bits per heavy atom. The van der Waals surface area contributed by atoms with Crippen LogP contribution < -0.4 is 5.32 Å². The van der Waals surface area contributed by atoms with Gasteiger partial charge < -0.3 is 4.74 Å². The highest BCUT2D eigenvalue weighted by atomic mass is 19.4. The number of alkyl halides is 3. The fourth-order valence-corrected chi connectivity index (χ4v) is 1.75. The highest BCUT2D eigenvalue weighted by Crippen LogP contribution is 2.35. The van der Waals surface area contributed by atoms with Crippen LogP contribution in [0.5, 0.6) is 0 Å². The number of rotatable bonds is 1. The maximum absolute atomic E-state index is 12.7. The van der Waals surface area contributed by atoms with Crippen LogP contribution in [0.2, 0.25) is 0 Å². The third-order valence-electron chi connectivity index (χ3n) is 2.48. The second-order valence-corrected chi connectivity index (χ2v) is 3.64. The lowest BCUT2D eigenvalue weighted by Crippen LogP contribution is -2.32. The molecule has 2 nitrogen and oxygen atoms in total. The molecule has 0 radical (unpaired) electrons. The topological polar surface area (TPSA) is 21.3 Å². The first-order chi connectivity index (χ1) is 7.59. The van der Waals surface area contributed by atoms with Crippen LogP contribution in [0.1, 0.15) is 23.8 Å². The summed E-state index contributed by atoms with van der Waals surface area (Å²) in [6, 6.07) is 5.50. The number of nitrogens with one attached hydrogen (secondary N) is 1. The van der Waals surface area contributed by atoms with Crippen molar-refractivity contribution >= 4 is 0 Å². The van der Waals surface area contributed by atoms with Crippen molar-refractivity contribution in [2.75, 3.05) is 13.2 Å². The third-order valence-corrected chi connectivity index (χ3v) is 2.48. The quantitative estimate of drug-likeness (QED) is 0.802. The molecule has 0 amide bonds. The number of hydrogen-bond acceptors (Lipinski definition) is 2. The Labute approximate surface area is 91.4 Å². The van der Waals surface area contributed by atoms with E-state index in [2.05, 4.69) is 5.32 Å². The van der Waals surface area contributed by atoms with E-state index in [1.54, 1.807) is 6.07 Å². The minimum atomic E-state index is -4.33. The van der Waals surface area contributed by atoms with Gasteiger partial charge in [-0.25, -0.2) is 0 Å². The van der Waals surface area contributed by atoms with Crippen LogP contribution in [0.4, 0.5) is 13.2 Å². The molecule has 1 aromatic carbocycles. The molecule has 1 saturated heterocycles. The molecule has 1 aliphatic rings. The van der Waals surface area contributed by atoms with Gasteiger partial charge in [-0.05, 0) is 12.5 Å². The van der Waals surface area contributed by atoms with Crippen molar-refractivity contribution in [3.8, 4) is 0 Å². The molecule has 0 spiro atoms. The van der Waals surface area contributed by atoms with Crippen molar-refractivity contribution in [1.29, 1.82) is 0 Å². The van der Waals surface area contributed by atoms with E-state index in [9.17, 15) is 13.2 Å². The summed E-state index contributed by atoms with van der Waals surface area (Å²) < 4.78 is 43.4. The average molecular weight is 231 g/mol. The number of ether oxygens (including phenoxy) is 1.